The van der Waals surface area contributed by atoms with Crippen molar-refractivity contribution >= 4 is 17.3 Å². The highest BCUT2D eigenvalue weighted by Gasteiger charge is 2.18. The lowest BCUT2D eigenvalue weighted by Crippen LogP contribution is -2.49. The molecule has 0 aromatic heterocycles. The first-order valence-electron chi connectivity index (χ1n) is 5.11. The Morgan fingerprint density at radius 2 is 2.33 bits per heavy atom. The lowest BCUT2D eigenvalue weighted by atomic mass is 10.2. The van der Waals surface area contributed by atoms with E-state index in [-0.39, 0.29) is 10.8 Å². The summed E-state index contributed by atoms with van der Waals surface area (Å²) in [6, 6.07) is 5.37. The third kappa shape index (κ3) is 2.24. The van der Waals surface area contributed by atoms with Crippen LogP contribution in [0.2, 0.25) is 5.02 Å². The van der Waals surface area contributed by atoms with Gasteiger partial charge in [0.2, 0.25) is 0 Å². The Labute approximate surface area is 94.0 Å². The number of rotatable bonds is 1. The van der Waals surface area contributed by atoms with Crippen LogP contribution in [0.1, 0.15) is 6.92 Å². The molecule has 82 valence electrons. The second-order valence-corrected chi connectivity index (χ2v) is 4.25. The van der Waals surface area contributed by atoms with Gasteiger partial charge in [-0.1, -0.05) is 11.6 Å². The van der Waals surface area contributed by atoms with Crippen LogP contribution in [0.3, 0.4) is 0 Å². The maximum Gasteiger partial charge on any atom is 0.143 e. The SMILES string of the molecule is CC1CNCCN1c1ccc(Cl)c(F)c1. The van der Waals surface area contributed by atoms with Crippen LogP contribution >= 0.6 is 11.6 Å². The molecule has 2 rings (SSSR count). The first kappa shape index (κ1) is 10.7. The van der Waals surface area contributed by atoms with Crippen LogP contribution in [0, 0.1) is 5.82 Å². The minimum Gasteiger partial charge on any atom is -0.366 e. The quantitative estimate of drug-likeness (QED) is 0.794. The van der Waals surface area contributed by atoms with Crippen LogP contribution in [0.5, 0.6) is 0 Å². The maximum absolute atomic E-state index is 13.3. The van der Waals surface area contributed by atoms with Crippen molar-refractivity contribution in [1.82, 2.24) is 5.32 Å². The minimum atomic E-state index is -0.347. The van der Waals surface area contributed by atoms with Gasteiger partial charge < -0.3 is 10.2 Å². The van der Waals surface area contributed by atoms with Gasteiger partial charge in [0.25, 0.3) is 0 Å². The molecule has 1 N–H and O–H groups in total. The number of hydrogen-bond donors (Lipinski definition) is 1. The number of piperazine rings is 1. The van der Waals surface area contributed by atoms with E-state index in [1.54, 1.807) is 6.07 Å². The van der Waals surface area contributed by atoms with Gasteiger partial charge in [-0.15, -0.1) is 0 Å². The van der Waals surface area contributed by atoms with Gasteiger partial charge in [-0.3, -0.25) is 0 Å². The molecule has 15 heavy (non-hydrogen) atoms. The van der Waals surface area contributed by atoms with E-state index in [1.165, 1.54) is 6.07 Å². The third-order valence-electron chi connectivity index (χ3n) is 2.74. The van der Waals surface area contributed by atoms with Crippen molar-refractivity contribution in [3.8, 4) is 0 Å². The summed E-state index contributed by atoms with van der Waals surface area (Å²) in [4.78, 5) is 2.19. The summed E-state index contributed by atoms with van der Waals surface area (Å²) < 4.78 is 13.3. The highest BCUT2D eigenvalue weighted by atomic mass is 35.5. The van der Waals surface area contributed by atoms with Crippen LogP contribution in [-0.2, 0) is 0 Å². The van der Waals surface area contributed by atoms with Gasteiger partial charge in [0.05, 0.1) is 5.02 Å². The predicted molar refractivity (Wildman–Crippen MR) is 61.1 cm³/mol. The summed E-state index contributed by atoms with van der Waals surface area (Å²) >= 11 is 5.65. The van der Waals surface area contributed by atoms with Crippen molar-refractivity contribution in [3.05, 3.63) is 29.0 Å². The average molecular weight is 229 g/mol. The normalized spacial score (nSPS) is 21.8. The molecule has 0 saturated carbocycles. The Hall–Kier alpha value is -0.800. The zero-order chi connectivity index (χ0) is 10.8. The van der Waals surface area contributed by atoms with Crippen LogP contribution in [0.15, 0.2) is 18.2 Å². The van der Waals surface area contributed by atoms with E-state index in [9.17, 15) is 4.39 Å². The number of halogens is 2. The van der Waals surface area contributed by atoms with Gasteiger partial charge in [-0.05, 0) is 25.1 Å². The number of nitrogens with one attached hydrogen (secondary N) is 1. The molecule has 1 aliphatic rings. The smallest absolute Gasteiger partial charge is 0.143 e. The molecule has 0 spiro atoms. The van der Waals surface area contributed by atoms with E-state index in [4.69, 9.17) is 11.6 Å². The van der Waals surface area contributed by atoms with Gasteiger partial charge in [-0.25, -0.2) is 4.39 Å². The summed E-state index contributed by atoms with van der Waals surface area (Å²) in [5.41, 5.74) is 0.908. The number of anilines is 1. The van der Waals surface area contributed by atoms with Crippen molar-refractivity contribution in [1.29, 1.82) is 0 Å². The van der Waals surface area contributed by atoms with Crippen LogP contribution < -0.4 is 10.2 Å². The summed E-state index contributed by atoms with van der Waals surface area (Å²) in [6.45, 7) is 4.90. The van der Waals surface area contributed by atoms with Gasteiger partial charge >= 0.3 is 0 Å². The topological polar surface area (TPSA) is 15.3 Å². The van der Waals surface area contributed by atoms with E-state index < -0.39 is 0 Å². The molecule has 0 amide bonds. The standard InChI is InChI=1S/C11H14ClFN2/c1-8-7-14-4-5-15(8)9-2-3-10(12)11(13)6-9/h2-3,6,8,14H,4-5,7H2,1H3. The molecule has 1 aromatic rings. The zero-order valence-electron chi connectivity index (χ0n) is 8.63. The fraction of sp³-hybridized carbons (Fsp3) is 0.455. The molecular formula is C11H14ClFN2. The lowest BCUT2D eigenvalue weighted by molar-refractivity contribution is 0.499. The first-order chi connectivity index (χ1) is 7.18. The molecule has 1 atom stereocenters. The molecule has 1 heterocycles. The number of benzene rings is 1. The van der Waals surface area contributed by atoms with E-state index in [2.05, 4.69) is 17.1 Å². The molecule has 0 aliphatic carbocycles. The van der Waals surface area contributed by atoms with E-state index >= 15 is 0 Å². The van der Waals surface area contributed by atoms with E-state index in [0.717, 1.165) is 25.3 Å². The third-order valence-corrected chi connectivity index (χ3v) is 3.04. The van der Waals surface area contributed by atoms with Gasteiger partial charge in [0, 0.05) is 31.4 Å². The zero-order valence-corrected chi connectivity index (χ0v) is 9.39. The highest BCUT2D eigenvalue weighted by molar-refractivity contribution is 6.30. The van der Waals surface area contributed by atoms with Gasteiger partial charge in [0.15, 0.2) is 0 Å². The summed E-state index contributed by atoms with van der Waals surface area (Å²) in [5.74, 6) is -0.347. The molecule has 1 aromatic carbocycles. The van der Waals surface area contributed by atoms with Crippen LogP contribution in [0.4, 0.5) is 10.1 Å². The Morgan fingerprint density at radius 3 is 3.00 bits per heavy atom. The fourth-order valence-corrected chi connectivity index (χ4v) is 2.01. The molecule has 1 aliphatic heterocycles. The molecule has 2 nitrogen and oxygen atoms in total. The summed E-state index contributed by atoms with van der Waals surface area (Å²) in [7, 11) is 0. The molecule has 4 heteroatoms. The first-order valence-corrected chi connectivity index (χ1v) is 5.48. The molecule has 0 bridgehead atoms. The van der Waals surface area contributed by atoms with Gasteiger partial charge in [0.1, 0.15) is 5.82 Å². The lowest BCUT2D eigenvalue weighted by Gasteiger charge is -2.35. The predicted octanol–water partition coefficient (Wildman–Crippen LogP) is 2.28. The monoisotopic (exact) mass is 228 g/mol. The number of nitrogens with zero attached hydrogens (tertiary/aromatic N) is 1. The second-order valence-electron chi connectivity index (χ2n) is 3.84. The largest absolute Gasteiger partial charge is 0.366 e. The summed E-state index contributed by atoms with van der Waals surface area (Å²) in [6.07, 6.45) is 0. The Kier molecular flexibility index (Phi) is 3.12. The van der Waals surface area contributed by atoms with Gasteiger partial charge in [-0.2, -0.15) is 0 Å². The van der Waals surface area contributed by atoms with Crippen LogP contribution in [0.25, 0.3) is 0 Å². The maximum atomic E-state index is 13.3. The Balaban J connectivity index is 2.24. The van der Waals surface area contributed by atoms with Crippen molar-refractivity contribution in [2.24, 2.45) is 0 Å². The average Bonchev–Trinajstić information content (AvgIpc) is 2.23. The Bertz CT molecular complexity index is 356. The summed E-state index contributed by atoms with van der Waals surface area (Å²) in [5, 5.41) is 3.48. The minimum absolute atomic E-state index is 0.182. The molecule has 0 radical (unpaired) electrons. The molecule has 1 saturated heterocycles. The van der Waals surface area contributed by atoms with E-state index in [0.29, 0.717) is 6.04 Å². The fourth-order valence-electron chi connectivity index (χ4n) is 1.89. The second kappa shape index (κ2) is 4.37. The molecule has 1 fully saturated rings. The number of hydrogen-bond acceptors (Lipinski definition) is 2. The molecule has 1 unspecified atom stereocenters. The van der Waals surface area contributed by atoms with Crippen molar-refractivity contribution < 1.29 is 4.39 Å². The van der Waals surface area contributed by atoms with Crippen molar-refractivity contribution in [2.45, 2.75) is 13.0 Å². The van der Waals surface area contributed by atoms with Crippen LogP contribution in [-0.4, -0.2) is 25.7 Å². The molecular weight excluding hydrogens is 215 g/mol. The van der Waals surface area contributed by atoms with Crippen molar-refractivity contribution in [3.63, 3.8) is 0 Å². The van der Waals surface area contributed by atoms with E-state index in [1.807, 2.05) is 6.07 Å². The highest BCUT2D eigenvalue weighted by Crippen LogP contribution is 2.23. The van der Waals surface area contributed by atoms with Crippen molar-refractivity contribution in [2.75, 3.05) is 24.5 Å². The Morgan fingerprint density at radius 1 is 1.53 bits per heavy atom.